The number of aliphatic hydroxyl groups excluding tert-OH is 4. The van der Waals surface area contributed by atoms with Gasteiger partial charge in [0.15, 0.2) is 5.60 Å². The fourth-order valence-corrected chi connectivity index (χ4v) is 1.68. The monoisotopic (exact) mass is 224 g/mol. The molecule has 0 saturated carbocycles. The van der Waals surface area contributed by atoms with Gasteiger partial charge >= 0.3 is 0 Å². The number of hydrogen-bond acceptors (Lipinski definition) is 7. The zero-order valence-corrected chi connectivity index (χ0v) is 8.33. The van der Waals surface area contributed by atoms with Gasteiger partial charge in [-0.2, -0.15) is 0 Å². The predicted octanol–water partition coefficient (Wildman–Crippen LogP) is -3.20. The van der Waals surface area contributed by atoms with Crippen LogP contribution in [0.1, 0.15) is 0 Å². The van der Waals surface area contributed by atoms with Crippen LogP contribution in [0.4, 0.5) is 0 Å². The Balaban J connectivity index is 3.07. The average Bonchev–Trinajstić information content (AvgIpc) is 2.27. The highest BCUT2D eigenvalue weighted by atomic mass is 16.7. The van der Waals surface area contributed by atoms with Crippen molar-refractivity contribution < 1.29 is 35.0 Å². The third-order valence-corrected chi connectivity index (χ3v) is 2.78. The minimum Gasteiger partial charge on any atom is -0.393 e. The zero-order valence-electron chi connectivity index (χ0n) is 8.33. The van der Waals surface area contributed by atoms with Crippen molar-refractivity contribution in [2.75, 3.05) is 26.9 Å². The summed E-state index contributed by atoms with van der Waals surface area (Å²) >= 11 is 0. The molecule has 0 aromatic carbocycles. The highest BCUT2D eigenvalue weighted by molar-refractivity contribution is 5.05. The second kappa shape index (κ2) is 4.30. The molecule has 4 atom stereocenters. The van der Waals surface area contributed by atoms with Crippen LogP contribution in [-0.4, -0.2) is 76.1 Å². The topological polar surface area (TPSA) is 120 Å². The Bertz CT molecular complexity index is 217. The molecule has 5 N–H and O–H groups in total. The van der Waals surface area contributed by atoms with Crippen molar-refractivity contribution in [1.29, 1.82) is 0 Å². The summed E-state index contributed by atoms with van der Waals surface area (Å²) in [6.45, 7) is -1.98. The van der Waals surface area contributed by atoms with E-state index in [0.29, 0.717) is 0 Å². The number of methoxy groups -OCH3 is 1. The molecule has 1 saturated heterocycles. The molecule has 0 aromatic rings. The van der Waals surface area contributed by atoms with Crippen LogP contribution in [0, 0.1) is 0 Å². The van der Waals surface area contributed by atoms with E-state index in [1.165, 1.54) is 0 Å². The fraction of sp³-hybridized carbons (Fsp3) is 1.00. The van der Waals surface area contributed by atoms with Gasteiger partial charge in [-0.3, -0.25) is 0 Å². The molecule has 0 aromatic heterocycles. The van der Waals surface area contributed by atoms with E-state index in [9.17, 15) is 15.3 Å². The summed E-state index contributed by atoms with van der Waals surface area (Å²) in [5.41, 5.74) is -2.27. The minimum absolute atomic E-state index is 0.308. The molecule has 90 valence electrons. The first-order chi connectivity index (χ1) is 6.97. The van der Waals surface area contributed by atoms with Crippen LogP contribution in [0.5, 0.6) is 0 Å². The number of hydrogen-bond donors (Lipinski definition) is 5. The van der Waals surface area contributed by atoms with Gasteiger partial charge in [0, 0.05) is 7.11 Å². The molecule has 1 aliphatic rings. The standard InChI is InChI=1S/C8H16O7/c1-14-8(4-10)7(13,3-9)6(12)5(11)2-15-8/h5-6,9-13H,2-4H2,1H3. The zero-order chi connectivity index (χ0) is 11.7. The van der Waals surface area contributed by atoms with Gasteiger partial charge in [-0.05, 0) is 0 Å². The van der Waals surface area contributed by atoms with E-state index < -0.39 is 36.8 Å². The lowest BCUT2D eigenvalue weighted by Gasteiger charge is -2.50. The molecular weight excluding hydrogens is 208 g/mol. The highest BCUT2D eigenvalue weighted by Crippen LogP contribution is 2.35. The molecule has 15 heavy (non-hydrogen) atoms. The average molecular weight is 224 g/mol. The van der Waals surface area contributed by atoms with E-state index in [-0.39, 0.29) is 6.61 Å². The first-order valence-corrected chi connectivity index (χ1v) is 4.46. The van der Waals surface area contributed by atoms with E-state index >= 15 is 0 Å². The van der Waals surface area contributed by atoms with Crippen LogP contribution >= 0.6 is 0 Å². The molecule has 0 bridgehead atoms. The van der Waals surface area contributed by atoms with Crippen LogP contribution in [0.3, 0.4) is 0 Å². The van der Waals surface area contributed by atoms with Gasteiger partial charge in [0.1, 0.15) is 18.8 Å². The lowest BCUT2D eigenvalue weighted by molar-refractivity contribution is -0.387. The summed E-state index contributed by atoms with van der Waals surface area (Å²) < 4.78 is 9.76. The van der Waals surface area contributed by atoms with Gasteiger partial charge in [0.25, 0.3) is 0 Å². The molecule has 0 aliphatic carbocycles. The van der Waals surface area contributed by atoms with Crippen molar-refractivity contribution in [2.24, 2.45) is 0 Å². The van der Waals surface area contributed by atoms with Gasteiger partial charge in [0.2, 0.25) is 5.79 Å². The molecule has 0 spiro atoms. The van der Waals surface area contributed by atoms with Gasteiger partial charge in [-0.25, -0.2) is 0 Å². The van der Waals surface area contributed by atoms with Gasteiger partial charge in [-0.1, -0.05) is 0 Å². The Morgan fingerprint density at radius 3 is 2.33 bits per heavy atom. The van der Waals surface area contributed by atoms with E-state index in [2.05, 4.69) is 0 Å². The van der Waals surface area contributed by atoms with Crippen molar-refractivity contribution in [3.63, 3.8) is 0 Å². The van der Waals surface area contributed by atoms with Gasteiger partial charge < -0.3 is 35.0 Å². The van der Waals surface area contributed by atoms with Crippen molar-refractivity contribution in [1.82, 2.24) is 0 Å². The molecule has 0 radical (unpaired) electrons. The second-order valence-corrected chi connectivity index (χ2v) is 3.52. The summed E-state index contributed by atoms with van der Waals surface area (Å²) in [5.74, 6) is -1.93. The molecule has 0 amide bonds. The second-order valence-electron chi connectivity index (χ2n) is 3.52. The van der Waals surface area contributed by atoms with Crippen molar-refractivity contribution >= 4 is 0 Å². The number of aliphatic hydroxyl groups is 5. The quantitative estimate of drug-likeness (QED) is 0.342. The molecule has 1 heterocycles. The molecule has 1 rings (SSSR count). The Kier molecular flexibility index (Phi) is 3.67. The maximum absolute atomic E-state index is 9.96. The molecule has 4 unspecified atom stereocenters. The summed E-state index contributed by atoms with van der Waals surface area (Å²) in [6.07, 6.45) is -3.01. The molecule has 7 heteroatoms. The van der Waals surface area contributed by atoms with E-state index in [4.69, 9.17) is 19.7 Å². The van der Waals surface area contributed by atoms with E-state index in [1.807, 2.05) is 0 Å². The smallest absolute Gasteiger partial charge is 0.226 e. The van der Waals surface area contributed by atoms with Crippen molar-refractivity contribution in [3.05, 3.63) is 0 Å². The van der Waals surface area contributed by atoms with Crippen LogP contribution in [-0.2, 0) is 9.47 Å². The third kappa shape index (κ3) is 1.66. The van der Waals surface area contributed by atoms with E-state index in [0.717, 1.165) is 7.11 Å². The largest absolute Gasteiger partial charge is 0.393 e. The van der Waals surface area contributed by atoms with Crippen LogP contribution in [0.15, 0.2) is 0 Å². The molecule has 1 aliphatic heterocycles. The Labute approximate surface area is 86.5 Å². The third-order valence-electron chi connectivity index (χ3n) is 2.78. The highest BCUT2D eigenvalue weighted by Gasteiger charge is 2.61. The van der Waals surface area contributed by atoms with Gasteiger partial charge in [0.05, 0.1) is 13.2 Å². The normalized spacial score (nSPS) is 46.8. The lowest BCUT2D eigenvalue weighted by Crippen LogP contribution is -2.73. The van der Waals surface area contributed by atoms with Crippen molar-refractivity contribution in [3.8, 4) is 0 Å². The summed E-state index contributed by atoms with van der Waals surface area (Å²) in [7, 11) is 1.15. The molecular formula is C8H16O7. The Morgan fingerprint density at radius 1 is 1.33 bits per heavy atom. The Hall–Kier alpha value is -0.280. The number of rotatable bonds is 3. The predicted molar refractivity (Wildman–Crippen MR) is 46.8 cm³/mol. The van der Waals surface area contributed by atoms with E-state index in [1.54, 1.807) is 0 Å². The molecule has 1 fully saturated rings. The van der Waals surface area contributed by atoms with Crippen LogP contribution < -0.4 is 0 Å². The molecule has 7 nitrogen and oxygen atoms in total. The first-order valence-electron chi connectivity index (χ1n) is 4.46. The maximum Gasteiger partial charge on any atom is 0.226 e. The minimum atomic E-state index is -2.27. The number of ether oxygens (including phenoxy) is 2. The Morgan fingerprint density at radius 2 is 1.93 bits per heavy atom. The van der Waals surface area contributed by atoms with Gasteiger partial charge in [-0.15, -0.1) is 0 Å². The SMILES string of the molecule is COC1(CO)OCC(O)C(O)C1(O)CO. The first kappa shape index (κ1) is 12.8. The van der Waals surface area contributed by atoms with Crippen LogP contribution in [0.25, 0.3) is 0 Å². The lowest BCUT2D eigenvalue weighted by atomic mass is 9.82. The van der Waals surface area contributed by atoms with Crippen molar-refractivity contribution in [2.45, 2.75) is 23.6 Å². The summed E-state index contributed by atoms with van der Waals surface area (Å²) in [6, 6.07) is 0. The summed E-state index contributed by atoms with van der Waals surface area (Å²) in [5, 5.41) is 46.9. The van der Waals surface area contributed by atoms with Crippen LogP contribution in [0.2, 0.25) is 0 Å². The fourth-order valence-electron chi connectivity index (χ4n) is 1.68. The summed E-state index contributed by atoms with van der Waals surface area (Å²) in [4.78, 5) is 0. The maximum atomic E-state index is 9.96.